The fourth-order valence-electron chi connectivity index (χ4n) is 2.87. The smallest absolute Gasteiger partial charge is 0.254 e. The molecule has 0 unspecified atom stereocenters. The minimum Gasteiger partial charge on any atom is -0.328 e. The molecule has 0 aliphatic rings. The molecule has 0 aliphatic heterocycles. The van der Waals surface area contributed by atoms with Crippen LogP contribution >= 0.6 is 23.2 Å². The number of hydrogen-bond acceptors (Lipinski definition) is 3. The monoisotopic (exact) mass is 445 g/mol. The summed E-state index contributed by atoms with van der Waals surface area (Å²) in [5.74, 6) is -1.40. The standard InChI is InChI=1S/C22H18Cl2FN3O2/c1-14(29)27-21-11-16(6-8-20(21)25)22(30)28(13-17-4-2-3-9-26-17)12-15-5-7-18(23)19(24)10-15/h2-11H,12-13H2,1H3,(H,27,29). The summed E-state index contributed by atoms with van der Waals surface area (Å²) < 4.78 is 14.0. The molecule has 0 spiro atoms. The van der Waals surface area contributed by atoms with Gasteiger partial charge < -0.3 is 10.2 Å². The summed E-state index contributed by atoms with van der Waals surface area (Å²) in [4.78, 5) is 30.4. The van der Waals surface area contributed by atoms with Gasteiger partial charge in [-0.05, 0) is 48.0 Å². The van der Waals surface area contributed by atoms with E-state index >= 15 is 0 Å². The third-order valence-electron chi connectivity index (χ3n) is 4.25. The SMILES string of the molecule is CC(=O)Nc1cc(C(=O)N(Cc2ccc(Cl)c(Cl)c2)Cc2ccccn2)ccc1F. The Hall–Kier alpha value is -2.96. The van der Waals surface area contributed by atoms with Crippen molar-refractivity contribution in [2.75, 3.05) is 5.32 Å². The minimum atomic E-state index is -0.623. The summed E-state index contributed by atoms with van der Waals surface area (Å²) in [6, 6.07) is 14.4. The highest BCUT2D eigenvalue weighted by atomic mass is 35.5. The van der Waals surface area contributed by atoms with E-state index in [0.717, 1.165) is 11.6 Å². The van der Waals surface area contributed by atoms with Crippen LogP contribution in [0.2, 0.25) is 10.0 Å². The van der Waals surface area contributed by atoms with Gasteiger partial charge in [-0.25, -0.2) is 4.39 Å². The molecule has 0 bridgehead atoms. The first kappa shape index (κ1) is 21.7. The maximum atomic E-state index is 14.0. The van der Waals surface area contributed by atoms with Crippen LogP contribution in [0.1, 0.15) is 28.5 Å². The van der Waals surface area contributed by atoms with Crippen LogP contribution in [0.15, 0.2) is 60.8 Å². The van der Waals surface area contributed by atoms with Gasteiger partial charge in [0.25, 0.3) is 5.91 Å². The lowest BCUT2D eigenvalue weighted by Gasteiger charge is -2.23. The van der Waals surface area contributed by atoms with Crippen LogP contribution in [0.3, 0.4) is 0 Å². The molecule has 2 amide bonds. The number of nitrogens with zero attached hydrogens (tertiary/aromatic N) is 2. The van der Waals surface area contributed by atoms with E-state index in [9.17, 15) is 14.0 Å². The molecule has 0 aliphatic carbocycles. The first-order chi connectivity index (χ1) is 14.3. The summed E-state index contributed by atoms with van der Waals surface area (Å²) in [6.07, 6.45) is 1.64. The maximum absolute atomic E-state index is 14.0. The van der Waals surface area contributed by atoms with Crippen LogP contribution in [0.25, 0.3) is 0 Å². The Morgan fingerprint density at radius 2 is 1.83 bits per heavy atom. The summed E-state index contributed by atoms with van der Waals surface area (Å²) in [6.45, 7) is 1.73. The molecule has 154 valence electrons. The van der Waals surface area contributed by atoms with E-state index < -0.39 is 11.7 Å². The molecule has 0 fully saturated rings. The molecule has 30 heavy (non-hydrogen) atoms. The highest BCUT2D eigenvalue weighted by molar-refractivity contribution is 6.42. The van der Waals surface area contributed by atoms with E-state index in [4.69, 9.17) is 23.2 Å². The average molecular weight is 446 g/mol. The van der Waals surface area contributed by atoms with Gasteiger partial charge in [0.1, 0.15) is 5.82 Å². The Kier molecular flexibility index (Phi) is 7.03. The third-order valence-corrected chi connectivity index (χ3v) is 4.99. The zero-order chi connectivity index (χ0) is 21.7. The molecule has 8 heteroatoms. The Labute approximate surface area is 183 Å². The number of aromatic nitrogens is 1. The molecule has 1 aromatic heterocycles. The molecule has 2 aromatic carbocycles. The van der Waals surface area contributed by atoms with E-state index in [0.29, 0.717) is 15.7 Å². The van der Waals surface area contributed by atoms with Crippen LogP contribution < -0.4 is 5.32 Å². The zero-order valence-electron chi connectivity index (χ0n) is 16.0. The molecule has 3 aromatic rings. The first-order valence-corrected chi connectivity index (χ1v) is 9.79. The summed E-state index contributed by atoms with van der Waals surface area (Å²) in [5, 5.41) is 3.19. The minimum absolute atomic E-state index is 0.0549. The number of carbonyl (C=O) groups excluding carboxylic acids is 2. The molecule has 0 saturated carbocycles. The first-order valence-electron chi connectivity index (χ1n) is 9.03. The Bertz CT molecular complexity index is 1080. The Balaban J connectivity index is 1.93. The van der Waals surface area contributed by atoms with Crippen molar-refractivity contribution in [3.05, 3.63) is 93.5 Å². The van der Waals surface area contributed by atoms with Gasteiger partial charge in [-0.3, -0.25) is 14.6 Å². The lowest BCUT2D eigenvalue weighted by Crippen LogP contribution is -2.30. The van der Waals surface area contributed by atoms with Gasteiger partial charge in [0.05, 0.1) is 28.0 Å². The van der Waals surface area contributed by atoms with Crippen molar-refractivity contribution in [1.82, 2.24) is 9.88 Å². The van der Waals surface area contributed by atoms with Gasteiger partial charge in [0, 0.05) is 25.2 Å². The summed E-state index contributed by atoms with van der Waals surface area (Å²) >= 11 is 12.1. The Morgan fingerprint density at radius 3 is 2.50 bits per heavy atom. The molecular weight excluding hydrogens is 428 g/mol. The molecule has 0 atom stereocenters. The molecule has 3 rings (SSSR count). The second-order valence-electron chi connectivity index (χ2n) is 6.61. The van der Waals surface area contributed by atoms with Crippen LogP contribution in [0.4, 0.5) is 10.1 Å². The fourth-order valence-corrected chi connectivity index (χ4v) is 3.19. The average Bonchev–Trinajstić information content (AvgIpc) is 2.72. The van der Waals surface area contributed by atoms with Crippen molar-refractivity contribution in [2.45, 2.75) is 20.0 Å². The summed E-state index contributed by atoms with van der Waals surface area (Å²) in [5.41, 5.74) is 1.64. The van der Waals surface area contributed by atoms with Gasteiger partial charge in [0.2, 0.25) is 5.91 Å². The number of rotatable bonds is 6. The van der Waals surface area contributed by atoms with Gasteiger partial charge in [-0.15, -0.1) is 0 Å². The number of amides is 2. The van der Waals surface area contributed by atoms with Crippen LogP contribution in [0.5, 0.6) is 0 Å². The largest absolute Gasteiger partial charge is 0.328 e. The van der Waals surface area contributed by atoms with Crippen molar-refractivity contribution in [3.63, 3.8) is 0 Å². The van der Waals surface area contributed by atoms with Crippen LogP contribution in [-0.2, 0) is 17.9 Å². The highest BCUT2D eigenvalue weighted by Crippen LogP contribution is 2.25. The van der Waals surface area contributed by atoms with Crippen molar-refractivity contribution in [1.29, 1.82) is 0 Å². The predicted octanol–water partition coefficient (Wildman–Crippen LogP) is 5.33. The molecule has 1 heterocycles. The summed E-state index contributed by atoms with van der Waals surface area (Å²) in [7, 11) is 0. The number of hydrogen-bond donors (Lipinski definition) is 1. The van der Waals surface area contributed by atoms with Crippen LogP contribution in [0, 0.1) is 5.82 Å². The highest BCUT2D eigenvalue weighted by Gasteiger charge is 2.19. The molecule has 0 radical (unpaired) electrons. The third kappa shape index (κ3) is 5.55. The van der Waals surface area contributed by atoms with Crippen molar-refractivity contribution < 1.29 is 14.0 Å². The topological polar surface area (TPSA) is 62.3 Å². The number of pyridine rings is 1. The van der Waals surface area contributed by atoms with Crippen molar-refractivity contribution in [2.24, 2.45) is 0 Å². The zero-order valence-corrected chi connectivity index (χ0v) is 17.5. The maximum Gasteiger partial charge on any atom is 0.254 e. The van der Waals surface area contributed by atoms with E-state index in [2.05, 4.69) is 10.3 Å². The number of benzene rings is 2. The van der Waals surface area contributed by atoms with Gasteiger partial charge in [-0.1, -0.05) is 35.3 Å². The van der Waals surface area contributed by atoms with E-state index in [-0.39, 0.29) is 30.2 Å². The van der Waals surface area contributed by atoms with Gasteiger partial charge >= 0.3 is 0 Å². The molecule has 1 N–H and O–H groups in total. The normalized spacial score (nSPS) is 10.5. The lowest BCUT2D eigenvalue weighted by molar-refractivity contribution is -0.114. The predicted molar refractivity (Wildman–Crippen MR) is 115 cm³/mol. The van der Waals surface area contributed by atoms with Gasteiger partial charge in [0.15, 0.2) is 0 Å². The number of halogens is 3. The molecule has 5 nitrogen and oxygen atoms in total. The Morgan fingerprint density at radius 1 is 1.03 bits per heavy atom. The number of anilines is 1. The second-order valence-corrected chi connectivity index (χ2v) is 7.42. The van der Waals surface area contributed by atoms with E-state index in [1.165, 1.54) is 19.1 Å². The van der Waals surface area contributed by atoms with Crippen LogP contribution in [-0.4, -0.2) is 21.7 Å². The number of nitrogens with one attached hydrogen (secondary N) is 1. The molecule has 0 saturated heterocycles. The van der Waals surface area contributed by atoms with Gasteiger partial charge in [-0.2, -0.15) is 0 Å². The number of carbonyl (C=O) groups is 2. The lowest BCUT2D eigenvalue weighted by atomic mass is 10.1. The van der Waals surface area contributed by atoms with E-state index in [1.54, 1.807) is 35.4 Å². The van der Waals surface area contributed by atoms with Crippen molar-refractivity contribution in [3.8, 4) is 0 Å². The fraction of sp³-hybridized carbons (Fsp3) is 0.136. The van der Waals surface area contributed by atoms with Crippen molar-refractivity contribution >= 4 is 40.7 Å². The second kappa shape index (κ2) is 9.69. The molecular formula is C22H18Cl2FN3O2. The van der Waals surface area contributed by atoms with E-state index in [1.807, 2.05) is 12.1 Å². The quantitative estimate of drug-likeness (QED) is 0.557.